The van der Waals surface area contributed by atoms with Crippen molar-refractivity contribution in [3.63, 3.8) is 0 Å². The van der Waals surface area contributed by atoms with Crippen LogP contribution in [-0.2, 0) is 9.53 Å². The Kier molecular flexibility index (Phi) is 4.98. The zero-order valence-electron chi connectivity index (χ0n) is 15.9. The molecule has 7 nitrogen and oxygen atoms in total. The zero-order chi connectivity index (χ0) is 20.5. The second-order valence-electron chi connectivity index (χ2n) is 7.15. The van der Waals surface area contributed by atoms with Crippen LogP contribution in [0.5, 0.6) is 5.75 Å². The number of phenols is 1. The molecule has 7 heteroatoms. The van der Waals surface area contributed by atoms with E-state index < -0.39 is 17.8 Å². The van der Waals surface area contributed by atoms with Crippen molar-refractivity contribution >= 4 is 17.4 Å². The van der Waals surface area contributed by atoms with Gasteiger partial charge in [0.05, 0.1) is 17.4 Å². The largest absolute Gasteiger partial charge is 0.505 e. The molecular formula is C22H22N2O5. The molecular weight excluding hydrogens is 372 g/mol. The van der Waals surface area contributed by atoms with E-state index in [4.69, 9.17) is 4.74 Å². The van der Waals surface area contributed by atoms with Crippen molar-refractivity contribution in [1.82, 2.24) is 5.32 Å². The molecule has 150 valence electrons. The number of carbonyl (C=O) groups excluding carboxylic acids is 1. The summed E-state index contributed by atoms with van der Waals surface area (Å²) in [7, 11) is 0. The highest BCUT2D eigenvalue weighted by molar-refractivity contribution is 6.05. The summed E-state index contributed by atoms with van der Waals surface area (Å²) in [4.78, 5) is 24.1. The Balaban J connectivity index is 1.69. The number of hydrogen-bond donors (Lipinski definition) is 4. The number of benzene rings is 2. The molecule has 0 saturated carbocycles. The number of fused-ring (bicyclic) bond motifs is 1. The van der Waals surface area contributed by atoms with E-state index in [-0.39, 0.29) is 29.2 Å². The molecule has 2 aliphatic heterocycles. The minimum atomic E-state index is -1.24. The first-order valence-electron chi connectivity index (χ1n) is 9.57. The lowest BCUT2D eigenvalue weighted by molar-refractivity contribution is -0.156. The summed E-state index contributed by atoms with van der Waals surface area (Å²) in [5.41, 5.74) is 1.97. The van der Waals surface area contributed by atoms with Gasteiger partial charge >= 0.3 is 5.97 Å². The van der Waals surface area contributed by atoms with Gasteiger partial charge in [0.1, 0.15) is 23.5 Å². The Labute approximate surface area is 168 Å². The van der Waals surface area contributed by atoms with Gasteiger partial charge in [0.2, 0.25) is 5.78 Å². The molecule has 0 radical (unpaired) electrons. The number of hydrogen-bond acceptors (Lipinski definition) is 6. The van der Waals surface area contributed by atoms with Crippen LogP contribution in [0.3, 0.4) is 0 Å². The van der Waals surface area contributed by atoms with Crippen LogP contribution in [0.25, 0.3) is 0 Å². The highest BCUT2D eigenvalue weighted by atomic mass is 16.5. The summed E-state index contributed by atoms with van der Waals surface area (Å²) >= 11 is 0. The third-order valence-electron chi connectivity index (χ3n) is 5.35. The first kappa shape index (κ1) is 19.0. The van der Waals surface area contributed by atoms with E-state index in [0.717, 1.165) is 12.0 Å². The number of aromatic hydroxyl groups is 1. The number of rotatable bonds is 7. The SMILES string of the molecule is CC[C@@H](NC1=C(Nc2cccc(C(=O)O)c2O)C(=O)C2CC1O2)c1ccccc1. The van der Waals surface area contributed by atoms with Gasteiger partial charge in [-0.25, -0.2) is 4.79 Å². The molecule has 4 N–H and O–H groups in total. The Hall–Kier alpha value is -3.32. The third kappa shape index (κ3) is 3.45. The first-order chi connectivity index (χ1) is 14.0. The summed E-state index contributed by atoms with van der Waals surface area (Å²) in [5.74, 6) is -1.86. The minimum Gasteiger partial charge on any atom is -0.505 e. The highest BCUT2D eigenvalue weighted by Gasteiger charge is 2.47. The standard InChI is InChI=1S/C22H22N2O5/c1-2-14(12-7-4-3-5-8-12)23-18-16-11-17(29-16)21(26)19(18)24-15-10-6-9-13(20(15)25)22(27)28/h3-10,14,16-17,23-25H,2,11H2,1H3,(H,27,28)/t14-,16?,17?/m1/s1. The molecule has 2 aromatic rings. The van der Waals surface area contributed by atoms with Crippen molar-refractivity contribution in [3.8, 4) is 5.75 Å². The lowest BCUT2D eigenvalue weighted by atomic mass is 9.87. The molecule has 2 unspecified atom stereocenters. The van der Waals surface area contributed by atoms with Gasteiger partial charge in [0.15, 0.2) is 5.75 Å². The summed E-state index contributed by atoms with van der Waals surface area (Å²) in [6.45, 7) is 2.05. The normalized spacial score (nSPS) is 21.3. The van der Waals surface area contributed by atoms with E-state index in [2.05, 4.69) is 17.6 Å². The van der Waals surface area contributed by atoms with Crippen molar-refractivity contribution in [1.29, 1.82) is 0 Å². The minimum absolute atomic E-state index is 0.0181. The average molecular weight is 394 g/mol. The van der Waals surface area contributed by atoms with Crippen LogP contribution in [0.4, 0.5) is 5.69 Å². The van der Waals surface area contributed by atoms with Crippen LogP contribution in [0.2, 0.25) is 0 Å². The predicted octanol–water partition coefficient (Wildman–Crippen LogP) is 3.20. The average Bonchev–Trinajstić information content (AvgIpc) is 2.68. The quantitative estimate of drug-likeness (QED) is 0.534. The van der Waals surface area contributed by atoms with Crippen LogP contribution in [-0.4, -0.2) is 34.2 Å². The summed E-state index contributed by atoms with van der Waals surface area (Å²) in [6, 6.07) is 14.3. The van der Waals surface area contributed by atoms with E-state index in [9.17, 15) is 19.8 Å². The van der Waals surface area contributed by atoms with Crippen LogP contribution < -0.4 is 10.6 Å². The van der Waals surface area contributed by atoms with Crippen molar-refractivity contribution in [2.75, 3.05) is 5.32 Å². The van der Waals surface area contributed by atoms with Gasteiger partial charge in [-0.1, -0.05) is 43.3 Å². The number of carbonyl (C=O) groups is 2. The van der Waals surface area contributed by atoms with E-state index >= 15 is 0 Å². The van der Waals surface area contributed by atoms with E-state index in [1.54, 1.807) is 0 Å². The van der Waals surface area contributed by atoms with Gasteiger partial charge in [0.25, 0.3) is 0 Å². The Bertz CT molecular complexity index is 980. The van der Waals surface area contributed by atoms with Gasteiger partial charge < -0.3 is 25.6 Å². The fourth-order valence-electron chi connectivity index (χ4n) is 3.73. The third-order valence-corrected chi connectivity index (χ3v) is 5.35. The van der Waals surface area contributed by atoms with Gasteiger partial charge in [0, 0.05) is 6.42 Å². The molecule has 29 heavy (non-hydrogen) atoms. The molecule has 2 aromatic carbocycles. The highest BCUT2D eigenvalue weighted by Crippen LogP contribution is 2.39. The van der Waals surface area contributed by atoms with Crippen LogP contribution in [0.1, 0.15) is 41.7 Å². The second kappa shape index (κ2) is 7.60. The number of ether oxygens (including phenoxy) is 1. The number of Topliss-reactive ketones (excluding diaryl/α,β-unsaturated/α-hetero) is 1. The molecule has 5 rings (SSSR count). The Morgan fingerprint density at radius 1 is 1.17 bits per heavy atom. The van der Waals surface area contributed by atoms with E-state index in [1.807, 2.05) is 30.3 Å². The number of aromatic carboxylic acids is 1. The zero-order valence-corrected chi connectivity index (χ0v) is 15.9. The molecule has 1 saturated heterocycles. The summed E-state index contributed by atoms with van der Waals surface area (Å²) < 4.78 is 5.67. The van der Waals surface area contributed by atoms with Crippen LogP contribution >= 0.6 is 0 Å². The fraction of sp³-hybridized carbons (Fsp3) is 0.273. The molecule has 1 fully saturated rings. The fourth-order valence-corrected chi connectivity index (χ4v) is 3.73. The monoisotopic (exact) mass is 394 g/mol. The van der Waals surface area contributed by atoms with Crippen molar-refractivity contribution in [2.45, 2.75) is 38.0 Å². The van der Waals surface area contributed by atoms with Crippen molar-refractivity contribution in [3.05, 3.63) is 71.1 Å². The van der Waals surface area contributed by atoms with Gasteiger partial charge in [-0.15, -0.1) is 0 Å². The Morgan fingerprint density at radius 3 is 2.55 bits per heavy atom. The molecule has 3 atom stereocenters. The maximum atomic E-state index is 12.8. The molecule has 0 amide bonds. The van der Waals surface area contributed by atoms with E-state index in [1.165, 1.54) is 18.2 Å². The number of nitrogens with one attached hydrogen (secondary N) is 2. The number of ketones is 1. The molecule has 0 aromatic heterocycles. The number of carboxylic acids is 1. The van der Waals surface area contributed by atoms with Crippen LogP contribution in [0.15, 0.2) is 59.9 Å². The topological polar surface area (TPSA) is 108 Å². The molecule has 3 aliphatic rings. The molecule has 2 heterocycles. The van der Waals surface area contributed by atoms with Crippen molar-refractivity contribution < 1.29 is 24.5 Å². The second-order valence-corrected chi connectivity index (χ2v) is 7.15. The van der Waals surface area contributed by atoms with Crippen molar-refractivity contribution in [2.24, 2.45) is 0 Å². The predicted molar refractivity (Wildman–Crippen MR) is 107 cm³/mol. The van der Waals surface area contributed by atoms with E-state index in [0.29, 0.717) is 17.8 Å². The maximum absolute atomic E-state index is 12.8. The van der Waals surface area contributed by atoms with Gasteiger partial charge in [-0.05, 0) is 24.1 Å². The summed E-state index contributed by atoms with van der Waals surface area (Å²) in [6.07, 6.45) is 0.668. The van der Waals surface area contributed by atoms with Crippen LogP contribution in [0, 0.1) is 0 Å². The van der Waals surface area contributed by atoms with Gasteiger partial charge in [-0.3, -0.25) is 4.79 Å². The number of para-hydroxylation sites is 1. The lowest BCUT2D eigenvalue weighted by Gasteiger charge is -2.44. The smallest absolute Gasteiger partial charge is 0.339 e. The lowest BCUT2D eigenvalue weighted by Crippen LogP contribution is -2.54. The Morgan fingerprint density at radius 2 is 1.90 bits per heavy atom. The number of carboxylic acid groups (broad SMARTS) is 1. The molecule has 2 bridgehead atoms. The molecule has 1 aliphatic carbocycles. The van der Waals surface area contributed by atoms with Gasteiger partial charge in [-0.2, -0.15) is 0 Å². The molecule has 0 spiro atoms. The summed E-state index contributed by atoms with van der Waals surface area (Å²) in [5, 5.41) is 25.9. The maximum Gasteiger partial charge on any atom is 0.339 e. The number of anilines is 1. The first-order valence-corrected chi connectivity index (χ1v) is 9.57.